The summed E-state index contributed by atoms with van der Waals surface area (Å²) >= 11 is 5.30. The Balaban J connectivity index is 1.74. The SMILES string of the molecule is CCc1ccc(N2C(=O)/C(=C/c3cc(C)n(-c4ccccc4)c3C)C(=O)NC2=S)cc1. The fourth-order valence-electron chi connectivity index (χ4n) is 3.84. The van der Waals surface area contributed by atoms with Crippen LogP contribution < -0.4 is 10.2 Å². The molecule has 1 aromatic heterocycles. The molecule has 2 heterocycles. The monoisotopic (exact) mass is 429 g/mol. The summed E-state index contributed by atoms with van der Waals surface area (Å²) in [5.74, 6) is -0.913. The number of anilines is 1. The van der Waals surface area contributed by atoms with Crippen molar-refractivity contribution < 1.29 is 9.59 Å². The molecule has 156 valence electrons. The van der Waals surface area contributed by atoms with E-state index in [-0.39, 0.29) is 10.7 Å². The van der Waals surface area contributed by atoms with Gasteiger partial charge in [-0.1, -0.05) is 37.3 Å². The van der Waals surface area contributed by atoms with Crippen LogP contribution in [-0.4, -0.2) is 21.5 Å². The number of rotatable bonds is 4. The number of nitrogens with zero attached hydrogens (tertiary/aromatic N) is 2. The molecule has 0 radical (unpaired) electrons. The Morgan fingerprint density at radius 1 is 0.968 bits per heavy atom. The first-order chi connectivity index (χ1) is 14.9. The lowest BCUT2D eigenvalue weighted by Gasteiger charge is -2.29. The fourth-order valence-corrected chi connectivity index (χ4v) is 4.12. The molecule has 0 atom stereocenters. The zero-order valence-corrected chi connectivity index (χ0v) is 18.5. The highest BCUT2D eigenvalue weighted by molar-refractivity contribution is 7.80. The minimum Gasteiger partial charge on any atom is -0.318 e. The second kappa shape index (κ2) is 8.32. The smallest absolute Gasteiger partial charge is 0.270 e. The van der Waals surface area contributed by atoms with Crippen LogP contribution in [0.5, 0.6) is 0 Å². The third-order valence-corrected chi connectivity index (χ3v) is 5.77. The number of aromatic nitrogens is 1. The first-order valence-electron chi connectivity index (χ1n) is 10.2. The lowest BCUT2D eigenvalue weighted by atomic mass is 10.1. The van der Waals surface area contributed by atoms with Gasteiger partial charge in [0.2, 0.25) is 0 Å². The summed E-state index contributed by atoms with van der Waals surface area (Å²) in [5, 5.41) is 2.74. The van der Waals surface area contributed by atoms with Gasteiger partial charge in [0, 0.05) is 17.1 Å². The molecule has 6 heteroatoms. The molecule has 1 fully saturated rings. The standard InChI is InChI=1S/C25H23N3O2S/c1-4-18-10-12-21(13-11-18)28-24(30)22(23(29)26-25(28)31)15-19-14-16(2)27(17(19)3)20-8-6-5-7-9-20/h5-15H,4H2,1-3H3,(H,26,29,31)/b22-15+. The summed E-state index contributed by atoms with van der Waals surface area (Å²) in [7, 11) is 0. The van der Waals surface area contributed by atoms with Crippen LogP contribution in [0.15, 0.2) is 66.2 Å². The first kappa shape index (κ1) is 20.8. The largest absolute Gasteiger partial charge is 0.318 e. The number of amides is 2. The molecule has 1 saturated heterocycles. The van der Waals surface area contributed by atoms with Crippen LogP contribution in [-0.2, 0) is 16.0 Å². The van der Waals surface area contributed by atoms with Crippen LogP contribution in [0.25, 0.3) is 11.8 Å². The van der Waals surface area contributed by atoms with Gasteiger partial charge >= 0.3 is 0 Å². The quantitative estimate of drug-likeness (QED) is 0.378. The molecular weight excluding hydrogens is 406 g/mol. The number of thiocarbonyl (C=S) groups is 1. The average molecular weight is 430 g/mol. The van der Waals surface area contributed by atoms with Crippen molar-refractivity contribution in [3.05, 3.63) is 88.8 Å². The van der Waals surface area contributed by atoms with Crippen LogP contribution in [0.1, 0.15) is 29.4 Å². The Bertz CT molecular complexity index is 1210. The number of carbonyl (C=O) groups excluding carboxylic acids is 2. The second-order valence-corrected chi connectivity index (χ2v) is 7.86. The Hall–Kier alpha value is -3.51. The third-order valence-electron chi connectivity index (χ3n) is 5.49. The van der Waals surface area contributed by atoms with Gasteiger partial charge in [-0.15, -0.1) is 0 Å². The van der Waals surface area contributed by atoms with Gasteiger partial charge < -0.3 is 4.57 Å². The van der Waals surface area contributed by atoms with Crippen molar-refractivity contribution in [2.45, 2.75) is 27.2 Å². The molecule has 0 bridgehead atoms. The van der Waals surface area contributed by atoms with Crippen LogP contribution in [0, 0.1) is 13.8 Å². The van der Waals surface area contributed by atoms with E-state index in [0.717, 1.165) is 34.6 Å². The highest BCUT2D eigenvalue weighted by Crippen LogP contribution is 2.26. The van der Waals surface area contributed by atoms with E-state index in [9.17, 15) is 9.59 Å². The number of carbonyl (C=O) groups is 2. The molecule has 0 spiro atoms. The Morgan fingerprint density at radius 2 is 1.65 bits per heavy atom. The summed E-state index contributed by atoms with van der Waals surface area (Å²) in [5.41, 5.74) is 5.65. The van der Waals surface area contributed by atoms with E-state index in [1.54, 1.807) is 6.08 Å². The molecule has 0 unspecified atom stereocenters. The second-order valence-electron chi connectivity index (χ2n) is 7.48. The molecule has 31 heavy (non-hydrogen) atoms. The fraction of sp³-hybridized carbons (Fsp3) is 0.160. The van der Waals surface area contributed by atoms with Crippen LogP contribution >= 0.6 is 12.2 Å². The van der Waals surface area contributed by atoms with Crippen molar-refractivity contribution in [1.29, 1.82) is 0 Å². The minimum atomic E-state index is -0.485. The van der Waals surface area contributed by atoms with Crippen molar-refractivity contribution in [2.75, 3.05) is 4.90 Å². The van der Waals surface area contributed by atoms with Crippen molar-refractivity contribution >= 4 is 40.9 Å². The van der Waals surface area contributed by atoms with E-state index in [0.29, 0.717) is 5.69 Å². The molecule has 2 aromatic carbocycles. The predicted molar refractivity (Wildman–Crippen MR) is 127 cm³/mol. The first-order valence-corrected chi connectivity index (χ1v) is 10.6. The minimum absolute atomic E-state index is 0.0569. The van der Waals surface area contributed by atoms with Gasteiger partial charge in [0.25, 0.3) is 11.8 Å². The van der Waals surface area contributed by atoms with Crippen molar-refractivity contribution in [3.8, 4) is 5.69 Å². The zero-order valence-electron chi connectivity index (χ0n) is 17.7. The van der Waals surface area contributed by atoms with Crippen molar-refractivity contribution in [3.63, 3.8) is 0 Å². The highest BCUT2D eigenvalue weighted by atomic mass is 32.1. The maximum absolute atomic E-state index is 13.3. The lowest BCUT2D eigenvalue weighted by molar-refractivity contribution is -0.122. The normalized spacial score (nSPS) is 15.5. The van der Waals surface area contributed by atoms with Gasteiger partial charge in [-0.3, -0.25) is 19.8 Å². The lowest BCUT2D eigenvalue weighted by Crippen LogP contribution is -2.54. The average Bonchev–Trinajstić information content (AvgIpc) is 3.05. The summed E-state index contributed by atoms with van der Waals surface area (Å²) in [6, 6.07) is 19.6. The molecular formula is C25H23N3O2S. The van der Waals surface area contributed by atoms with Gasteiger partial charge in [-0.05, 0) is 80.0 Å². The van der Waals surface area contributed by atoms with E-state index in [2.05, 4.69) is 16.8 Å². The van der Waals surface area contributed by atoms with Crippen molar-refractivity contribution in [1.82, 2.24) is 9.88 Å². The van der Waals surface area contributed by atoms with Crippen LogP contribution in [0.4, 0.5) is 5.69 Å². The summed E-state index contributed by atoms with van der Waals surface area (Å²) < 4.78 is 2.10. The van der Waals surface area contributed by atoms with E-state index in [1.807, 2.05) is 74.5 Å². The van der Waals surface area contributed by atoms with Crippen molar-refractivity contribution in [2.24, 2.45) is 0 Å². The predicted octanol–water partition coefficient (Wildman–Crippen LogP) is 4.49. The molecule has 1 N–H and O–H groups in total. The van der Waals surface area contributed by atoms with Crippen LogP contribution in [0.3, 0.4) is 0 Å². The Labute approximate surface area is 187 Å². The number of hydrogen-bond donors (Lipinski definition) is 1. The molecule has 0 saturated carbocycles. The number of para-hydroxylation sites is 1. The maximum Gasteiger partial charge on any atom is 0.270 e. The van der Waals surface area contributed by atoms with Gasteiger partial charge in [-0.2, -0.15) is 0 Å². The Morgan fingerprint density at radius 3 is 2.29 bits per heavy atom. The number of benzene rings is 2. The van der Waals surface area contributed by atoms with Gasteiger partial charge in [0.05, 0.1) is 5.69 Å². The van der Waals surface area contributed by atoms with E-state index in [1.165, 1.54) is 4.90 Å². The summed E-state index contributed by atoms with van der Waals surface area (Å²) in [6.45, 7) is 6.05. The van der Waals surface area contributed by atoms with E-state index < -0.39 is 11.8 Å². The van der Waals surface area contributed by atoms with Gasteiger partial charge in [0.15, 0.2) is 5.11 Å². The molecule has 0 aliphatic carbocycles. The number of hydrogen-bond acceptors (Lipinski definition) is 3. The molecule has 5 nitrogen and oxygen atoms in total. The molecule has 2 amide bonds. The third kappa shape index (κ3) is 3.82. The van der Waals surface area contributed by atoms with Crippen LogP contribution in [0.2, 0.25) is 0 Å². The summed E-state index contributed by atoms with van der Waals surface area (Å²) in [6.07, 6.45) is 2.55. The zero-order chi connectivity index (χ0) is 22.1. The Kier molecular flexibility index (Phi) is 5.57. The maximum atomic E-state index is 13.3. The van der Waals surface area contributed by atoms with Gasteiger partial charge in [0.1, 0.15) is 5.57 Å². The molecule has 1 aliphatic rings. The van der Waals surface area contributed by atoms with E-state index in [4.69, 9.17) is 12.2 Å². The highest BCUT2D eigenvalue weighted by Gasteiger charge is 2.34. The topological polar surface area (TPSA) is 54.3 Å². The van der Waals surface area contributed by atoms with Gasteiger partial charge in [-0.25, -0.2) is 0 Å². The van der Waals surface area contributed by atoms with E-state index >= 15 is 0 Å². The molecule has 3 aromatic rings. The number of nitrogens with one attached hydrogen (secondary N) is 1. The number of aryl methyl sites for hydroxylation is 2. The molecule has 1 aliphatic heterocycles. The molecule has 4 rings (SSSR count). The summed E-state index contributed by atoms with van der Waals surface area (Å²) in [4.78, 5) is 27.3.